The fourth-order valence-corrected chi connectivity index (χ4v) is 1.35. The third-order valence-corrected chi connectivity index (χ3v) is 1.97. The number of carbonyl (C=O) groups excluding carboxylic acids is 2. The largest absolute Gasteiger partial charge is 0.457 e. The van der Waals surface area contributed by atoms with Gasteiger partial charge in [-0.2, -0.15) is 0 Å². The van der Waals surface area contributed by atoms with Gasteiger partial charge in [-0.15, -0.1) is 0 Å². The minimum atomic E-state index is -2.05. The summed E-state index contributed by atoms with van der Waals surface area (Å²) >= 11 is 0. The highest BCUT2D eigenvalue weighted by Crippen LogP contribution is 2.24. The van der Waals surface area contributed by atoms with Gasteiger partial charge in [0.2, 0.25) is 6.36 Å². The molecule has 0 aromatic carbocycles. The Kier molecular flexibility index (Phi) is 4.17. The zero-order valence-electron chi connectivity index (χ0n) is 8.81. The number of hydrogen-bond acceptors (Lipinski definition) is 5. The van der Waals surface area contributed by atoms with Crippen molar-refractivity contribution in [3.05, 3.63) is 0 Å². The minimum Gasteiger partial charge on any atom is -0.457 e. The van der Waals surface area contributed by atoms with Crippen molar-refractivity contribution in [2.45, 2.75) is 38.6 Å². The van der Waals surface area contributed by atoms with Crippen molar-refractivity contribution in [3.8, 4) is 0 Å². The van der Waals surface area contributed by atoms with Crippen LogP contribution in [0, 0.1) is 0 Å². The van der Waals surface area contributed by atoms with Gasteiger partial charge < -0.3 is 14.2 Å². The van der Waals surface area contributed by atoms with Crippen molar-refractivity contribution in [1.82, 2.24) is 0 Å². The number of halogens is 2. The molecule has 0 N–H and O–H groups in total. The number of alkyl halides is 2. The fraction of sp³-hybridized carbons (Fsp3) is 0.778. The molecular formula is C9H12F2O5. The predicted molar refractivity (Wildman–Crippen MR) is 46.9 cm³/mol. The Morgan fingerprint density at radius 2 is 1.75 bits per heavy atom. The van der Waals surface area contributed by atoms with Gasteiger partial charge in [0, 0.05) is 13.8 Å². The van der Waals surface area contributed by atoms with Gasteiger partial charge in [0.25, 0.3) is 0 Å². The predicted octanol–water partition coefficient (Wildman–Crippen LogP) is 0.514. The van der Waals surface area contributed by atoms with Crippen LogP contribution in [-0.4, -0.2) is 43.3 Å². The smallest absolute Gasteiger partial charge is 0.303 e. The molecule has 1 saturated heterocycles. The molecule has 5 nitrogen and oxygen atoms in total. The molecule has 16 heavy (non-hydrogen) atoms. The Balaban J connectivity index is 2.66. The quantitative estimate of drug-likeness (QED) is 0.656. The van der Waals surface area contributed by atoms with Crippen LogP contribution < -0.4 is 0 Å². The van der Waals surface area contributed by atoms with Gasteiger partial charge in [-0.25, -0.2) is 8.78 Å². The minimum absolute atomic E-state index is 0.403. The molecule has 1 heterocycles. The Morgan fingerprint density at radius 1 is 1.19 bits per heavy atom. The molecule has 0 radical (unpaired) electrons. The maximum absolute atomic E-state index is 13.6. The summed E-state index contributed by atoms with van der Waals surface area (Å²) in [5.74, 6) is -1.54. The van der Waals surface area contributed by atoms with E-state index >= 15 is 0 Å². The van der Waals surface area contributed by atoms with Crippen LogP contribution in [-0.2, 0) is 23.8 Å². The van der Waals surface area contributed by atoms with E-state index in [1.807, 2.05) is 0 Å². The van der Waals surface area contributed by atoms with Gasteiger partial charge in [-0.1, -0.05) is 0 Å². The molecule has 1 aliphatic rings. The number of ether oxygens (including phenoxy) is 3. The van der Waals surface area contributed by atoms with Crippen LogP contribution in [0.3, 0.4) is 0 Å². The Morgan fingerprint density at radius 3 is 2.25 bits per heavy atom. The van der Waals surface area contributed by atoms with Gasteiger partial charge in [0.1, 0.15) is 0 Å². The maximum atomic E-state index is 13.6. The first-order valence-electron chi connectivity index (χ1n) is 4.66. The van der Waals surface area contributed by atoms with Crippen LogP contribution in [0.25, 0.3) is 0 Å². The molecule has 0 saturated carbocycles. The summed E-state index contributed by atoms with van der Waals surface area (Å²) < 4.78 is 40.2. The third kappa shape index (κ3) is 3.13. The first kappa shape index (κ1) is 12.8. The van der Waals surface area contributed by atoms with Crippen LogP contribution in [0.1, 0.15) is 13.8 Å². The number of carbonyl (C=O) groups is 2. The molecule has 92 valence electrons. The zero-order chi connectivity index (χ0) is 12.3. The molecule has 0 aromatic rings. The molecule has 1 rings (SSSR count). The van der Waals surface area contributed by atoms with E-state index in [1.54, 1.807) is 0 Å². The Bertz CT molecular complexity index is 283. The average Bonchev–Trinajstić information content (AvgIpc) is 2.16. The van der Waals surface area contributed by atoms with E-state index in [9.17, 15) is 18.4 Å². The molecule has 0 aliphatic carbocycles. The molecule has 1 aliphatic heterocycles. The normalized spacial score (nSPS) is 34.2. The number of esters is 2. The maximum Gasteiger partial charge on any atom is 0.303 e. The highest BCUT2D eigenvalue weighted by Gasteiger charge is 2.45. The second-order valence-corrected chi connectivity index (χ2v) is 3.35. The lowest BCUT2D eigenvalue weighted by molar-refractivity contribution is -0.228. The SMILES string of the molecule is CC(=O)O[C@@H]1[C@@H](F)[C@H](OC(C)=O)CO[C@H]1F. The van der Waals surface area contributed by atoms with E-state index in [2.05, 4.69) is 14.2 Å². The van der Waals surface area contributed by atoms with E-state index in [4.69, 9.17) is 0 Å². The zero-order valence-corrected chi connectivity index (χ0v) is 8.81. The van der Waals surface area contributed by atoms with E-state index in [0.29, 0.717) is 0 Å². The second kappa shape index (κ2) is 5.20. The molecular weight excluding hydrogens is 226 g/mol. The lowest BCUT2D eigenvalue weighted by Crippen LogP contribution is -2.52. The van der Waals surface area contributed by atoms with Crippen molar-refractivity contribution in [2.75, 3.05) is 6.61 Å². The van der Waals surface area contributed by atoms with Crippen molar-refractivity contribution < 1.29 is 32.6 Å². The van der Waals surface area contributed by atoms with Crippen molar-refractivity contribution in [3.63, 3.8) is 0 Å². The van der Waals surface area contributed by atoms with Gasteiger partial charge in [-0.3, -0.25) is 9.59 Å². The number of rotatable bonds is 2. The van der Waals surface area contributed by atoms with Crippen LogP contribution >= 0.6 is 0 Å². The summed E-state index contributed by atoms with van der Waals surface area (Å²) in [7, 11) is 0. The fourth-order valence-electron chi connectivity index (χ4n) is 1.35. The average molecular weight is 238 g/mol. The lowest BCUT2D eigenvalue weighted by Gasteiger charge is -2.33. The summed E-state index contributed by atoms with van der Waals surface area (Å²) in [6, 6.07) is 0. The molecule has 0 spiro atoms. The molecule has 4 atom stereocenters. The van der Waals surface area contributed by atoms with E-state index in [-0.39, 0.29) is 0 Å². The van der Waals surface area contributed by atoms with Crippen LogP contribution in [0.4, 0.5) is 8.78 Å². The molecule has 0 amide bonds. The molecule has 0 unspecified atom stereocenters. The summed E-state index contributed by atoms with van der Waals surface area (Å²) in [5.41, 5.74) is 0. The summed E-state index contributed by atoms with van der Waals surface area (Å²) in [6.45, 7) is 1.71. The molecule has 7 heteroatoms. The summed E-state index contributed by atoms with van der Waals surface area (Å²) in [5, 5.41) is 0. The summed E-state index contributed by atoms with van der Waals surface area (Å²) in [4.78, 5) is 21.2. The summed E-state index contributed by atoms with van der Waals surface area (Å²) in [6.07, 6.45) is -6.94. The second-order valence-electron chi connectivity index (χ2n) is 3.35. The standard InChI is InChI=1S/C9H12F2O5/c1-4(12)15-6-3-14-9(11)8(7(6)10)16-5(2)13/h6-9H,3H2,1-2H3/t6-,7+,8-,9-/m1/s1. The molecule has 0 bridgehead atoms. The highest BCUT2D eigenvalue weighted by molar-refractivity contribution is 5.67. The number of hydrogen-bond donors (Lipinski definition) is 0. The van der Waals surface area contributed by atoms with Crippen LogP contribution in [0.2, 0.25) is 0 Å². The van der Waals surface area contributed by atoms with Crippen molar-refractivity contribution in [1.29, 1.82) is 0 Å². The highest BCUT2D eigenvalue weighted by atomic mass is 19.2. The van der Waals surface area contributed by atoms with Crippen LogP contribution in [0.15, 0.2) is 0 Å². The van der Waals surface area contributed by atoms with E-state index in [0.717, 1.165) is 13.8 Å². The van der Waals surface area contributed by atoms with E-state index < -0.39 is 43.3 Å². The van der Waals surface area contributed by atoms with Gasteiger partial charge in [0.05, 0.1) is 6.61 Å². The monoisotopic (exact) mass is 238 g/mol. The van der Waals surface area contributed by atoms with Gasteiger partial charge in [0.15, 0.2) is 18.4 Å². The van der Waals surface area contributed by atoms with E-state index in [1.165, 1.54) is 0 Å². The van der Waals surface area contributed by atoms with Crippen LogP contribution in [0.5, 0.6) is 0 Å². The first-order chi connectivity index (χ1) is 7.41. The topological polar surface area (TPSA) is 61.8 Å². The Labute approximate surface area is 90.6 Å². The lowest BCUT2D eigenvalue weighted by atomic mass is 10.1. The van der Waals surface area contributed by atoms with Crippen molar-refractivity contribution in [2.24, 2.45) is 0 Å². The first-order valence-corrected chi connectivity index (χ1v) is 4.66. The van der Waals surface area contributed by atoms with Crippen molar-refractivity contribution >= 4 is 11.9 Å². The molecule has 0 aromatic heterocycles. The van der Waals surface area contributed by atoms with Gasteiger partial charge in [-0.05, 0) is 0 Å². The Hall–Kier alpha value is -1.24. The third-order valence-electron chi connectivity index (χ3n) is 1.97. The molecule has 1 fully saturated rings. The van der Waals surface area contributed by atoms with Gasteiger partial charge >= 0.3 is 11.9 Å².